The molecule has 4 nitrogen and oxygen atoms in total. The fourth-order valence-corrected chi connectivity index (χ4v) is 2.53. The Hall–Kier alpha value is -1.55. The summed E-state index contributed by atoms with van der Waals surface area (Å²) in [4.78, 5) is 11.6. The van der Waals surface area contributed by atoms with Crippen LogP contribution in [-0.2, 0) is 4.79 Å². The number of hydrogen-bond acceptors (Lipinski definition) is 3. The smallest absolute Gasteiger partial charge is 0.227 e. The van der Waals surface area contributed by atoms with Crippen molar-refractivity contribution in [2.24, 2.45) is 11.7 Å². The van der Waals surface area contributed by atoms with E-state index in [1.807, 2.05) is 12.1 Å². The van der Waals surface area contributed by atoms with Gasteiger partial charge in [0.15, 0.2) is 0 Å². The van der Waals surface area contributed by atoms with Gasteiger partial charge in [-0.15, -0.1) is 0 Å². The molecule has 0 saturated heterocycles. The number of anilines is 1. The van der Waals surface area contributed by atoms with Crippen molar-refractivity contribution in [3.8, 4) is 5.75 Å². The van der Waals surface area contributed by atoms with Gasteiger partial charge in [-0.1, -0.05) is 19.9 Å². The summed E-state index contributed by atoms with van der Waals surface area (Å²) >= 11 is 0. The standard InChI is InChI=1S/C15H22N2O2/c1-10(2)12(5-7-16)11-3-4-14-13(9-11)17-15(18)6-8-19-14/h3-4,9-10,12H,5-8,16H2,1-2H3,(H,17,18). The summed E-state index contributed by atoms with van der Waals surface area (Å²) in [7, 11) is 0. The molecule has 1 aromatic carbocycles. The zero-order valence-corrected chi connectivity index (χ0v) is 11.6. The molecule has 0 bridgehead atoms. The van der Waals surface area contributed by atoms with Crippen LogP contribution >= 0.6 is 0 Å². The Balaban J connectivity index is 2.30. The maximum absolute atomic E-state index is 11.6. The lowest BCUT2D eigenvalue weighted by Crippen LogP contribution is -2.14. The monoisotopic (exact) mass is 262 g/mol. The van der Waals surface area contributed by atoms with Crippen molar-refractivity contribution < 1.29 is 9.53 Å². The topological polar surface area (TPSA) is 64.3 Å². The van der Waals surface area contributed by atoms with E-state index in [9.17, 15) is 4.79 Å². The fourth-order valence-electron chi connectivity index (χ4n) is 2.53. The molecule has 4 heteroatoms. The van der Waals surface area contributed by atoms with Gasteiger partial charge in [0.1, 0.15) is 5.75 Å². The Bertz CT molecular complexity index is 457. The minimum atomic E-state index is 0.0100. The maximum Gasteiger partial charge on any atom is 0.227 e. The molecule has 1 amide bonds. The van der Waals surface area contributed by atoms with Gasteiger partial charge in [0.25, 0.3) is 0 Å². The first-order valence-corrected chi connectivity index (χ1v) is 6.88. The minimum absolute atomic E-state index is 0.0100. The molecular formula is C15H22N2O2. The summed E-state index contributed by atoms with van der Waals surface area (Å²) in [5.74, 6) is 1.69. The van der Waals surface area contributed by atoms with Gasteiger partial charge < -0.3 is 15.8 Å². The maximum atomic E-state index is 11.6. The SMILES string of the molecule is CC(C)C(CCN)c1ccc2c(c1)NC(=O)CCO2. The molecule has 1 aliphatic rings. The highest BCUT2D eigenvalue weighted by molar-refractivity contribution is 5.93. The van der Waals surface area contributed by atoms with Crippen molar-refractivity contribution >= 4 is 11.6 Å². The highest BCUT2D eigenvalue weighted by atomic mass is 16.5. The second-order valence-electron chi connectivity index (χ2n) is 5.33. The van der Waals surface area contributed by atoms with Crippen molar-refractivity contribution in [1.29, 1.82) is 0 Å². The number of ether oxygens (including phenoxy) is 1. The van der Waals surface area contributed by atoms with Crippen LogP contribution in [0, 0.1) is 5.92 Å². The number of amides is 1. The molecule has 0 spiro atoms. The van der Waals surface area contributed by atoms with Gasteiger partial charge in [-0.05, 0) is 42.5 Å². The van der Waals surface area contributed by atoms with Crippen LogP contribution in [0.5, 0.6) is 5.75 Å². The largest absolute Gasteiger partial charge is 0.491 e. The van der Waals surface area contributed by atoms with E-state index in [2.05, 4.69) is 25.2 Å². The first kappa shape index (κ1) is 13.9. The van der Waals surface area contributed by atoms with Crippen LogP contribution in [0.2, 0.25) is 0 Å². The molecule has 1 unspecified atom stereocenters. The van der Waals surface area contributed by atoms with E-state index in [-0.39, 0.29) is 5.91 Å². The normalized spacial score (nSPS) is 16.3. The summed E-state index contributed by atoms with van der Waals surface area (Å²) in [6.07, 6.45) is 1.35. The first-order valence-electron chi connectivity index (χ1n) is 6.88. The van der Waals surface area contributed by atoms with Gasteiger partial charge >= 0.3 is 0 Å². The molecular weight excluding hydrogens is 240 g/mol. The number of hydrogen-bond donors (Lipinski definition) is 2. The van der Waals surface area contributed by atoms with Gasteiger partial charge in [-0.25, -0.2) is 0 Å². The third-order valence-electron chi connectivity index (χ3n) is 3.57. The van der Waals surface area contributed by atoms with E-state index in [1.54, 1.807) is 0 Å². The van der Waals surface area contributed by atoms with Gasteiger partial charge in [-0.3, -0.25) is 4.79 Å². The van der Waals surface area contributed by atoms with E-state index in [1.165, 1.54) is 5.56 Å². The zero-order valence-electron chi connectivity index (χ0n) is 11.6. The van der Waals surface area contributed by atoms with Crippen LogP contribution in [0.15, 0.2) is 18.2 Å². The van der Waals surface area contributed by atoms with E-state index < -0.39 is 0 Å². The minimum Gasteiger partial charge on any atom is -0.491 e. The Kier molecular flexibility index (Phi) is 4.43. The van der Waals surface area contributed by atoms with E-state index in [0.717, 1.165) is 17.9 Å². The van der Waals surface area contributed by atoms with Crippen LogP contribution in [0.25, 0.3) is 0 Å². The molecule has 0 radical (unpaired) electrons. The van der Waals surface area contributed by atoms with Crippen molar-refractivity contribution in [2.75, 3.05) is 18.5 Å². The predicted molar refractivity (Wildman–Crippen MR) is 76.4 cm³/mol. The summed E-state index contributed by atoms with van der Waals surface area (Å²) in [5.41, 5.74) is 7.69. The molecule has 0 aromatic heterocycles. The molecule has 3 N–H and O–H groups in total. The second kappa shape index (κ2) is 6.06. The van der Waals surface area contributed by atoms with E-state index in [4.69, 9.17) is 10.5 Å². The number of carbonyl (C=O) groups excluding carboxylic acids is 1. The van der Waals surface area contributed by atoms with E-state index >= 15 is 0 Å². The lowest BCUT2D eigenvalue weighted by atomic mass is 9.85. The highest BCUT2D eigenvalue weighted by Gasteiger charge is 2.19. The third kappa shape index (κ3) is 3.26. The number of benzene rings is 1. The lowest BCUT2D eigenvalue weighted by Gasteiger charge is -2.22. The second-order valence-corrected chi connectivity index (χ2v) is 5.33. The Morgan fingerprint density at radius 1 is 1.42 bits per heavy atom. The molecule has 19 heavy (non-hydrogen) atoms. The fraction of sp³-hybridized carbons (Fsp3) is 0.533. The number of carbonyl (C=O) groups is 1. The quantitative estimate of drug-likeness (QED) is 0.876. The number of nitrogens with one attached hydrogen (secondary N) is 1. The van der Waals surface area contributed by atoms with Crippen LogP contribution in [0.1, 0.15) is 38.2 Å². The van der Waals surface area contributed by atoms with Crippen molar-refractivity contribution in [1.82, 2.24) is 0 Å². The third-order valence-corrected chi connectivity index (χ3v) is 3.57. The molecule has 104 valence electrons. The van der Waals surface area contributed by atoms with Gasteiger partial charge in [0, 0.05) is 0 Å². The van der Waals surface area contributed by atoms with Crippen molar-refractivity contribution in [3.63, 3.8) is 0 Å². The Morgan fingerprint density at radius 2 is 2.21 bits per heavy atom. The zero-order chi connectivity index (χ0) is 13.8. The number of fused-ring (bicyclic) bond motifs is 1. The van der Waals surface area contributed by atoms with Crippen LogP contribution in [-0.4, -0.2) is 19.1 Å². The lowest BCUT2D eigenvalue weighted by molar-refractivity contribution is -0.116. The van der Waals surface area contributed by atoms with E-state index in [0.29, 0.717) is 31.4 Å². The molecule has 0 aliphatic carbocycles. The Labute approximate surface area is 114 Å². The van der Waals surface area contributed by atoms with Crippen LogP contribution in [0.4, 0.5) is 5.69 Å². The van der Waals surface area contributed by atoms with Crippen LogP contribution in [0.3, 0.4) is 0 Å². The molecule has 2 rings (SSSR count). The van der Waals surface area contributed by atoms with Crippen molar-refractivity contribution in [2.45, 2.75) is 32.6 Å². The Morgan fingerprint density at radius 3 is 2.89 bits per heavy atom. The van der Waals surface area contributed by atoms with Crippen molar-refractivity contribution in [3.05, 3.63) is 23.8 Å². The number of rotatable bonds is 4. The van der Waals surface area contributed by atoms with Gasteiger partial charge in [0.05, 0.1) is 18.7 Å². The van der Waals surface area contributed by atoms with Gasteiger partial charge in [-0.2, -0.15) is 0 Å². The first-order chi connectivity index (χ1) is 9.11. The average molecular weight is 262 g/mol. The molecule has 0 fully saturated rings. The summed E-state index contributed by atoms with van der Waals surface area (Å²) in [6.45, 7) is 5.50. The molecule has 1 heterocycles. The molecule has 1 atom stereocenters. The summed E-state index contributed by atoms with van der Waals surface area (Å²) in [6, 6.07) is 6.05. The predicted octanol–water partition coefficient (Wildman–Crippen LogP) is 2.50. The summed E-state index contributed by atoms with van der Waals surface area (Å²) < 4.78 is 5.57. The highest BCUT2D eigenvalue weighted by Crippen LogP contribution is 2.34. The summed E-state index contributed by atoms with van der Waals surface area (Å²) in [5, 5.41) is 2.90. The van der Waals surface area contributed by atoms with Crippen LogP contribution < -0.4 is 15.8 Å². The molecule has 0 saturated carbocycles. The number of nitrogens with two attached hydrogens (primary N) is 1. The molecule has 1 aromatic rings. The van der Waals surface area contributed by atoms with Gasteiger partial charge in [0.2, 0.25) is 5.91 Å². The molecule has 1 aliphatic heterocycles. The average Bonchev–Trinajstić information content (AvgIpc) is 2.55.